The smallest absolute Gasteiger partial charge is 0.416 e. The molecule has 2 bridgehead atoms. The fourth-order valence-electron chi connectivity index (χ4n) is 6.63. The molecule has 7 rings (SSSR count). The Morgan fingerprint density at radius 2 is 1.69 bits per heavy atom. The third-order valence-corrected chi connectivity index (χ3v) is 8.92. The second-order valence-corrected chi connectivity index (χ2v) is 11.5. The molecule has 3 aliphatic heterocycles. The molecular formula is C32H28F6N4O3. The summed E-state index contributed by atoms with van der Waals surface area (Å²) in [5.74, 6) is 1.16. The molecule has 3 aliphatic rings. The second kappa shape index (κ2) is 11.2. The van der Waals surface area contributed by atoms with E-state index < -0.39 is 51.8 Å². The molecule has 3 fully saturated rings. The van der Waals surface area contributed by atoms with E-state index in [0.717, 1.165) is 36.9 Å². The van der Waals surface area contributed by atoms with Gasteiger partial charge in [-0.3, -0.25) is 19.5 Å². The molecule has 4 heterocycles. The highest BCUT2D eigenvalue weighted by Crippen LogP contribution is 2.44. The van der Waals surface area contributed by atoms with Crippen molar-refractivity contribution in [3.8, 4) is 5.75 Å². The zero-order chi connectivity index (χ0) is 32.3. The Labute approximate surface area is 253 Å². The summed E-state index contributed by atoms with van der Waals surface area (Å²) in [7, 11) is 1.52. The number of rotatable bonds is 8. The number of aromatic nitrogens is 1. The maximum Gasteiger partial charge on any atom is 0.416 e. The van der Waals surface area contributed by atoms with Gasteiger partial charge in [0.15, 0.2) is 0 Å². The molecule has 3 aromatic carbocycles. The Hall–Kier alpha value is -4.39. The zero-order valence-corrected chi connectivity index (χ0v) is 23.9. The minimum absolute atomic E-state index is 0.00556. The first kappa shape index (κ1) is 30.6. The van der Waals surface area contributed by atoms with Crippen LogP contribution in [0.5, 0.6) is 5.75 Å². The lowest BCUT2D eigenvalue weighted by Gasteiger charge is -2.52. The Bertz CT molecular complexity index is 1810. The van der Waals surface area contributed by atoms with Crippen molar-refractivity contribution in [2.75, 3.05) is 30.8 Å². The van der Waals surface area contributed by atoms with Crippen LogP contribution in [0.1, 0.15) is 35.6 Å². The molecular weight excluding hydrogens is 602 g/mol. The third kappa shape index (κ3) is 5.65. The number of alkyl halides is 6. The molecule has 13 heteroatoms. The summed E-state index contributed by atoms with van der Waals surface area (Å²) in [5.41, 5.74) is -4.95. The van der Waals surface area contributed by atoms with E-state index in [1.807, 2.05) is 6.08 Å². The highest BCUT2D eigenvalue weighted by molar-refractivity contribution is 5.85. The number of nitrogens with one attached hydrogen (secondary N) is 2. The maximum absolute atomic E-state index is 13.5. The fraction of sp³-hybridized carbons (Fsp3) is 0.344. The van der Waals surface area contributed by atoms with Crippen LogP contribution in [0.15, 0.2) is 70.9 Å². The summed E-state index contributed by atoms with van der Waals surface area (Å²) in [6.45, 7) is 5.48. The summed E-state index contributed by atoms with van der Waals surface area (Å²) in [4.78, 5) is 32.4. The Morgan fingerprint density at radius 1 is 1.00 bits per heavy atom. The average molecular weight is 631 g/mol. The fourth-order valence-corrected chi connectivity index (χ4v) is 6.63. The van der Waals surface area contributed by atoms with Crippen molar-refractivity contribution < 1.29 is 31.1 Å². The Kier molecular flexibility index (Phi) is 7.62. The number of benzene rings is 2. The number of hydrogen-bond acceptors (Lipinski definition) is 7. The quantitative estimate of drug-likeness (QED) is 0.128. The van der Waals surface area contributed by atoms with Crippen molar-refractivity contribution in [1.82, 2.24) is 9.88 Å². The van der Waals surface area contributed by atoms with Gasteiger partial charge >= 0.3 is 12.4 Å². The van der Waals surface area contributed by atoms with Gasteiger partial charge in [0.05, 0.1) is 29.8 Å². The van der Waals surface area contributed by atoms with Gasteiger partial charge in [-0.15, -0.1) is 6.58 Å². The van der Waals surface area contributed by atoms with Crippen LogP contribution in [-0.2, 0) is 12.4 Å². The third-order valence-electron chi connectivity index (χ3n) is 8.92. The average Bonchev–Trinajstić information content (AvgIpc) is 3.03. The molecule has 45 heavy (non-hydrogen) atoms. The van der Waals surface area contributed by atoms with Crippen molar-refractivity contribution in [3.63, 3.8) is 0 Å². The monoisotopic (exact) mass is 630 g/mol. The molecule has 1 unspecified atom stereocenters. The molecule has 0 radical (unpaired) electrons. The lowest BCUT2D eigenvalue weighted by atomic mass is 9.73. The lowest BCUT2D eigenvalue weighted by Crippen LogP contribution is -2.56. The van der Waals surface area contributed by atoms with Gasteiger partial charge in [0.1, 0.15) is 17.1 Å². The topological polar surface area (TPSA) is 83.6 Å². The van der Waals surface area contributed by atoms with Crippen LogP contribution in [0.2, 0.25) is 0 Å². The Morgan fingerprint density at radius 3 is 2.29 bits per heavy atom. The van der Waals surface area contributed by atoms with Gasteiger partial charge in [-0.05, 0) is 79.3 Å². The normalized spacial score (nSPS) is 22.4. The number of fused-ring (bicyclic) bond motifs is 4. The Balaban J connectivity index is 1.43. The molecule has 4 aromatic rings. The summed E-state index contributed by atoms with van der Waals surface area (Å²) in [5, 5.41) is 6.30. The summed E-state index contributed by atoms with van der Waals surface area (Å²) in [6, 6.07) is 7.29. The summed E-state index contributed by atoms with van der Waals surface area (Å²) < 4.78 is 86.4. The molecule has 1 aromatic heterocycles. The van der Waals surface area contributed by atoms with Crippen LogP contribution in [0.3, 0.4) is 0 Å². The summed E-state index contributed by atoms with van der Waals surface area (Å²) in [6.07, 6.45) is -4.94. The van der Waals surface area contributed by atoms with Crippen molar-refractivity contribution in [2.24, 2.45) is 11.8 Å². The molecule has 0 spiro atoms. The second-order valence-electron chi connectivity index (χ2n) is 11.5. The summed E-state index contributed by atoms with van der Waals surface area (Å²) >= 11 is 0. The number of halogens is 6. The highest BCUT2D eigenvalue weighted by Gasteiger charge is 2.44. The lowest BCUT2D eigenvalue weighted by molar-refractivity contribution is -0.143. The molecule has 2 N–H and O–H groups in total. The minimum atomic E-state index is -5.08. The zero-order valence-electron chi connectivity index (χ0n) is 23.9. The maximum atomic E-state index is 13.5. The van der Waals surface area contributed by atoms with E-state index in [4.69, 9.17) is 4.74 Å². The van der Waals surface area contributed by atoms with Gasteiger partial charge in [0.25, 0.3) is 10.9 Å². The van der Waals surface area contributed by atoms with Crippen molar-refractivity contribution in [3.05, 3.63) is 98.5 Å². The van der Waals surface area contributed by atoms with E-state index in [1.165, 1.54) is 7.11 Å². The van der Waals surface area contributed by atoms with Gasteiger partial charge in [-0.1, -0.05) is 6.08 Å². The number of hydrogen-bond donors (Lipinski definition) is 2. The molecule has 5 atom stereocenters. The first-order valence-corrected chi connectivity index (χ1v) is 14.2. The van der Waals surface area contributed by atoms with E-state index in [-0.39, 0.29) is 23.7 Å². The number of ether oxygens (including phenoxy) is 1. The first-order chi connectivity index (χ1) is 21.3. The first-order valence-electron chi connectivity index (χ1n) is 14.2. The van der Waals surface area contributed by atoms with Crippen LogP contribution < -0.4 is 26.2 Å². The van der Waals surface area contributed by atoms with Crippen LogP contribution >= 0.6 is 0 Å². The molecule has 0 saturated carbocycles. The van der Waals surface area contributed by atoms with Crippen LogP contribution in [-0.4, -0.2) is 36.1 Å². The van der Waals surface area contributed by atoms with Gasteiger partial charge < -0.3 is 15.4 Å². The van der Waals surface area contributed by atoms with Gasteiger partial charge in [-0.25, -0.2) is 0 Å². The van der Waals surface area contributed by atoms with Crippen molar-refractivity contribution in [2.45, 2.75) is 37.3 Å². The van der Waals surface area contributed by atoms with E-state index >= 15 is 0 Å². The van der Waals surface area contributed by atoms with Gasteiger partial charge in [0.2, 0.25) is 0 Å². The van der Waals surface area contributed by atoms with Crippen molar-refractivity contribution >= 4 is 28.0 Å². The standard InChI is InChI=1S/C32H28F6N4O3/c1-3-16-15-42-9-7-17(16)10-25(42)26(22-6-8-39-24-5-4-21(45-2)14-23(22)24)41-28-27(29(43)30(28)44)40-20-12-18(31(33,34)35)11-19(13-20)32(36,37)38/h3-6,8,11-14,16-17,25-26,40-41H,1,7,9-10,15H2,2H3/t16-,17+,25-,26-/m1/s1. The number of piperidine rings is 3. The number of nitrogens with zero attached hydrogens (tertiary/aromatic N) is 2. The number of pyridine rings is 1. The van der Waals surface area contributed by atoms with Gasteiger partial charge in [0, 0.05) is 29.9 Å². The number of anilines is 3. The minimum Gasteiger partial charge on any atom is -0.497 e. The molecule has 3 saturated heterocycles. The SMILES string of the molecule is C=C[C@@H]1CN2CC[C@H]1C[C@@H]2[C@H](Nc1c(Nc2cc(C(F)(F)F)cc(C(F)(F)F)c2)c(=O)c1=O)c1ccnc2ccc(OC)cc12. The molecule has 0 amide bonds. The molecule has 7 nitrogen and oxygen atoms in total. The number of methoxy groups -OCH3 is 1. The van der Waals surface area contributed by atoms with E-state index in [1.54, 1.807) is 30.5 Å². The van der Waals surface area contributed by atoms with Crippen LogP contribution in [0, 0.1) is 11.8 Å². The van der Waals surface area contributed by atoms with Gasteiger partial charge in [-0.2, -0.15) is 26.3 Å². The van der Waals surface area contributed by atoms with E-state index in [9.17, 15) is 35.9 Å². The largest absolute Gasteiger partial charge is 0.497 e. The molecule has 0 aliphatic carbocycles. The van der Waals surface area contributed by atoms with Crippen LogP contribution in [0.25, 0.3) is 10.9 Å². The highest BCUT2D eigenvalue weighted by atomic mass is 19.4. The molecule has 236 valence electrons. The predicted molar refractivity (Wildman–Crippen MR) is 158 cm³/mol. The van der Waals surface area contributed by atoms with E-state index in [2.05, 4.69) is 27.1 Å². The van der Waals surface area contributed by atoms with Crippen LogP contribution in [0.4, 0.5) is 43.4 Å². The van der Waals surface area contributed by atoms with Crippen molar-refractivity contribution in [1.29, 1.82) is 0 Å². The predicted octanol–water partition coefficient (Wildman–Crippen LogP) is 6.67. The van der Waals surface area contributed by atoms with E-state index in [0.29, 0.717) is 29.3 Å².